The second kappa shape index (κ2) is 4.78. The van der Waals surface area contributed by atoms with Crippen molar-refractivity contribution in [3.05, 3.63) is 5.82 Å². The summed E-state index contributed by atoms with van der Waals surface area (Å²) >= 11 is 0. The van der Waals surface area contributed by atoms with E-state index in [1.165, 1.54) is 0 Å². The zero-order valence-corrected chi connectivity index (χ0v) is 10.5. The molecule has 1 aliphatic carbocycles. The lowest BCUT2D eigenvalue weighted by atomic mass is 9.80. The molecule has 0 radical (unpaired) electrons. The maximum absolute atomic E-state index is 12.7. The van der Waals surface area contributed by atoms with Crippen molar-refractivity contribution in [3.8, 4) is 0 Å². The third-order valence-corrected chi connectivity index (χ3v) is 3.63. The predicted octanol–water partition coefficient (Wildman–Crippen LogP) is 2.69. The predicted molar refractivity (Wildman–Crippen MR) is 61.3 cm³/mol. The molecule has 0 aromatic carbocycles. The van der Waals surface area contributed by atoms with E-state index in [9.17, 15) is 13.2 Å². The van der Waals surface area contributed by atoms with Crippen LogP contribution in [0.15, 0.2) is 0 Å². The number of alkyl halides is 3. The van der Waals surface area contributed by atoms with Crippen LogP contribution in [0, 0.1) is 5.92 Å². The SMILES string of the molecule is CNc1nnc(C2CCCC(C(F)(F)F)C2)n1C. The number of nitrogens with zero attached hydrogens (tertiary/aromatic N) is 3. The van der Waals surface area contributed by atoms with E-state index in [-0.39, 0.29) is 18.8 Å². The van der Waals surface area contributed by atoms with Crippen LogP contribution < -0.4 is 5.32 Å². The molecular formula is C11H17F3N4. The summed E-state index contributed by atoms with van der Waals surface area (Å²) in [4.78, 5) is 0. The Kier molecular flexibility index (Phi) is 3.49. The average Bonchev–Trinajstić information content (AvgIpc) is 2.69. The zero-order valence-electron chi connectivity index (χ0n) is 10.5. The van der Waals surface area contributed by atoms with Gasteiger partial charge in [0.05, 0.1) is 5.92 Å². The molecular weight excluding hydrogens is 245 g/mol. The van der Waals surface area contributed by atoms with Crippen LogP contribution in [0.1, 0.15) is 37.4 Å². The minimum Gasteiger partial charge on any atom is -0.357 e. The summed E-state index contributed by atoms with van der Waals surface area (Å²) in [6.07, 6.45) is -2.39. The molecule has 0 spiro atoms. The molecule has 2 rings (SSSR count). The highest BCUT2D eigenvalue weighted by Gasteiger charge is 2.43. The number of anilines is 1. The summed E-state index contributed by atoms with van der Waals surface area (Å²) in [5, 5.41) is 10.8. The quantitative estimate of drug-likeness (QED) is 0.891. The number of nitrogens with one attached hydrogen (secondary N) is 1. The summed E-state index contributed by atoms with van der Waals surface area (Å²) in [5.41, 5.74) is 0. The molecule has 0 saturated heterocycles. The van der Waals surface area contributed by atoms with E-state index < -0.39 is 12.1 Å². The fraction of sp³-hybridized carbons (Fsp3) is 0.818. The van der Waals surface area contributed by atoms with Crippen molar-refractivity contribution >= 4 is 5.95 Å². The Labute approximate surface area is 104 Å². The number of halogens is 3. The van der Waals surface area contributed by atoms with Crippen LogP contribution in [0.5, 0.6) is 0 Å². The van der Waals surface area contributed by atoms with Gasteiger partial charge in [-0.15, -0.1) is 10.2 Å². The fourth-order valence-corrected chi connectivity index (χ4v) is 2.64. The van der Waals surface area contributed by atoms with Gasteiger partial charge in [0, 0.05) is 20.0 Å². The molecule has 0 aliphatic heterocycles. The highest BCUT2D eigenvalue weighted by molar-refractivity contribution is 5.25. The Bertz CT molecular complexity index is 413. The first-order valence-electron chi connectivity index (χ1n) is 6.07. The molecule has 1 N–H and O–H groups in total. The molecule has 18 heavy (non-hydrogen) atoms. The highest BCUT2D eigenvalue weighted by atomic mass is 19.4. The molecule has 102 valence electrons. The second-order valence-electron chi connectivity index (χ2n) is 4.79. The van der Waals surface area contributed by atoms with Gasteiger partial charge in [0.15, 0.2) is 0 Å². The zero-order chi connectivity index (χ0) is 13.3. The third-order valence-electron chi connectivity index (χ3n) is 3.63. The number of aromatic nitrogens is 3. The Morgan fingerprint density at radius 1 is 1.28 bits per heavy atom. The van der Waals surface area contributed by atoms with Crippen LogP contribution in [0.3, 0.4) is 0 Å². The molecule has 1 heterocycles. The second-order valence-corrected chi connectivity index (χ2v) is 4.79. The van der Waals surface area contributed by atoms with Gasteiger partial charge in [0.1, 0.15) is 5.82 Å². The minimum atomic E-state index is -4.09. The molecule has 2 atom stereocenters. The van der Waals surface area contributed by atoms with Crippen molar-refractivity contribution in [2.45, 2.75) is 37.8 Å². The summed E-state index contributed by atoms with van der Waals surface area (Å²) in [6.45, 7) is 0. The van der Waals surface area contributed by atoms with Crippen molar-refractivity contribution in [3.63, 3.8) is 0 Å². The Morgan fingerprint density at radius 3 is 2.56 bits per heavy atom. The Morgan fingerprint density at radius 2 is 2.00 bits per heavy atom. The van der Waals surface area contributed by atoms with Gasteiger partial charge in [-0.1, -0.05) is 6.42 Å². The number of hydrogen-bond donors (Lipinski definition) is 1. The van der Waals surface area contributed by atoms with Gasteiger partial charge in [-0.3, -0.25) is 0 Å². The fourth-order valence-electron chi connectivity index (χ4n) is 2.64. The normalized spacial score (nSPS) is 25.2. The van der Waals surface area contributed by atoms with Crippen LogP contribution >= 0.6 is 0 Å². The van der Waals surface area contributed by atoms with Gasteiger partial charge in [-0.25, -0.2) is 0 Å². The molecule has 1 aromatic rings. The lowest BCUT2D eigenvalue weighted by Gasteiger charge is -2.29. The summed E-state index contributed by atoms with van der Waals surface area (Å²) in [6, 6.07) is 0. The summed E-state index contributed by atoms with van der Waals surface area (Å²) in [7, 11) is 3.49. The van der Waals surface area contributed by atoms with Crippen molar-refractivity contribution in [2.75, 3.05) is 12.4 Å². The highest BCUT2D eigenvalue weighted by Crippen LogP contribution is 2.43. The van der Waals surface area contributed by atoms with Gasteiger partial charge < -0.3 is 9.88 Å². The van der Waals surface area contributed by atoms with E-state index in [4.69, 9.17) is 0 Å². The summed E-state index contributed by atoms with van der Waals surface area (Å²) in [5.74, 6) is -0.122. The molecule has 0 amide bonds. The van der Waals surface area contributed by atoms with E-state index >= 15 is 0 Å². The molecule has 0 bridgehead atoms. The molecule has 1 saturated carbocycles. The Balaban J connectivity index is 2.16. The first kappa shape index (κ1) is 13.2. The van der Waals surface area contributed by atoms with Gasteiger partial charge >= 0.3 is 6.18 Å². The third kappa shape index (κ3) is 2.44. The molecule has 1 aromatic heterocycles. The molecule has 4 nitrogen and oxygen atoms in total. The van der Waals surface area contributed by atoms with Crippen molar-refractivity contribution in [1.29, 1.82) is 0 Å². The van der Waals surface area contributed by atoms with Crippen LogP contribution in [-0.4, -0.2) is 28.0 Å². The topological polar surface area (TPSA) is 42.7 Å². The van der Waals surface area contributed by atoms with E-state index in [0.717, 1.165) is 6.42 Å². The van der Waals surface area contributed by atoms with Gasteiger partial charge in [0.25, 0.3) is 0 Å². The van der Waals surface area contributed by atoms with Crippen LogP contribution in [0.2, 0.25) is 0 Å². The van der Waals surface area contributed by atoms with E-state index in [1.807, 2.05) is 0 Å². The first-order valence-corrected chi connectivity index (χ1v) is 6.07. The first-order chi connectivity index (χ1) is 8.43. The van der Waals surface area contributed by atoms with E-state index in [1.54, 1.807) is 18.7 Å². The lowest BCUT2D eigenvalue weighted by Crippen LogP contribution is -2.28. The van der Waals surface area contributed by atoms with Crippen molar-refractivity contribution in [2.24, 2.45) is 13.0 Å². The molecule has 1 fully saturated rings. The lowest BCUT2D eigenvalue weighted by molar-refractivity contribution is -0.183. The molecule has 7 heteroatoms. The Hall–Kier alpha value is -1.27. The number of hydrogen-bond acceptors (Lipinski definition) is 3. The van der Waals surface area contributed by atoms with Gasteiger partial charge in [-0.2, -0.15) is 13.2 Å². The monoisotopic (exact) mass is 262 g/mol. The van der Waals surface area contributed by atoms with E-state index in [2.05, 4.69) is 15.5 Å². The smallest absolute Gasteiger partial charge is 0.357 e. The van der Waals surface area contributed by atoms with Crippen LogP contribution in [0.4, 0.5) is 19.1 Å². The average molecular weight is 262 g/mol. The van der Waals surface area contributed by atoms with Crippen molar-refractivity contribution in [1.82, 2.24) is 14.8 Å². The van der Waals surface area contributed by atoms with Crippen LogP contribution in [0.25, 0.3) is 0 Å². The maximum atomic E-state index is 12.7. The van der Waals surface area contributed by atoms with Gasteiger partial charge in [0.2, 0.25) is 5.95 Å². The molecule has 1 aliphatic rings. The largest absolute Gasteiger partial charge is 0.391 e. The standard InChI is InChI=1S/C11H17F3N4/c1-15-10-17-16-9(18(10)2)7-4-3-5-8(6-7)11(12,13)14/h7-8H,3-6H2,1-2H3,(H,15,17). The van der Waals surface area contributed by atoms with Crippen molar-refractivity contribution < 1.29 is 13.2 Å². The van der Waals surface area contributed by atoms with E-state index in [0.29, 0.717) is 18.2 Å². The molecule has 2 unspecified atom stereocenters. The minimum absolute atomic E-state index is 0.124. The number of rotatable bonds is 2. The van der Waals surface area contributed by atoms with Gasteiger partial charge in [-0.05, 0) is 19.3 Å². The summed E-state index contributed by atoms with van der Waals surface area (Å²) < 4.78 is 40.0. The van der Waals surface area contributed by atoms with Crippen LogP contribution in [-0.2, 0) is 7.05 Å². The maximum Gasteiger partial charge on any atom is 0.391 e.